The molecule has 3 rings (SSSR count). The third-order valence-electron chi connectivity index (χ3n) is 4.70. The van der Waals surface area contributed by atoms with Gasteiger partial charge in [0.2, 0.25) is 0 Å². The predicted molar refractivity (Wildman–Crippen MR) is 65.3 cm³/mol. The van der Waals surface area contributed by atoms with Gasteiger partial charge < -0.3 is 4.74 Å². The summed E-state index contributed by atoms with van der Waals surface area (Å²) < 4.78 is 6.14. The molecular weight excluding hydrogens is 252 g/mol. The molecule has 1 nitrogen and oxygen atoms in total. The highest BCUT2D eigenvalue weighted by Gasteiger charge is 2.54. The van der Waals surface area contributed by atoms with Crippen molar-refractivity contribution in [2.45, 2.75) is 62.3 Å². The summed E-state index contributed by atoms with van der Waals surface area (Å²) in [6.07, 6.45) is 11.8. The number of ether oxygens (including phenoxy) is 1. The molecule has 3 saturated carbocycles. The summed E-state index contributed by atoms with van der Waals surface area (Å²) in [6.45, 7) is 1.05. The maximum Gasteiger partial charge on any atom is 0.0653 e. The summed E-state index contributed by atoms with van der Waals surface area (Å²) in [7, 11) is 0. The van der Waals surface area contributed by atoms with Crippen molar-refractivity contribution in [2.75, 3.05) is 6.61 Å². The lowest BCUT2D eigenvalue weighted by atomic mass is 9.58. The monoisotopic (exact) mass is 272 g/mol. The van der Waals surface area contributed by atoms with Crippen molar-refractivity contribution in [1.29, 1.82) is 0 Å². The molecule has 0 aromatic carbocycles. The van der Waals surface area contributed by atoms with Crippen molar-refractivity contribution < 1.29 is 4.74 Å². The molecule has 0 aliphatic heterocycles. The molecule has 1 spiro atoms. The quantitative estimate of drug-likeness (QED) is 0.709. The molecule has 0 aromatic rings. The number of halogens is 1. The van der Waals surface area contributed by atoms with Crippen molar-refractivity contribution in [3.05, 3.63) is 0 Å². The van der Waals surface area contributed by atoms with E-state index >= 15 is 0 Å². The van der Waals surface area contributed by atoms with Crippen molar-refractivity contribution in [1.82, 2.24) is 0 Å². The Balaban J connectivity index is 1.57. The highest BCUT2D eigenvalue weighted by Crippen LogP contribution is 2.56. The van der Waals surface area contributed by atoms with Gasteiger partial charge in [0, 0.05) is 16.8 Å². The maximum absolute atomic E-state index is 6.14. The van der Waals surface area contributed by atoms with E-state index in [1.807, 2.05) is 0 Å². The Morgan fingerprint density at radius 2 is 1.87 bits per heavy atom. The fraction of sp³-hybridized carbons (Fsp3) is 1.00. The van der Waals surface area contributed by atoms with Crippen LogP contribution in [-0.2, 0) is 4.74 Å². The minimum absolute atomic E-state index is 0.535. The molecule has 0 amide bonds. The number of hydrogen-bond donors (Lipinski definition) is 0. The number of hydrogen-bond acceptors (Lipinski definition) is 1. The van der Waals surface area contributed by atoms with Gasteiger partial charge in [0.25, 0.3) is 0 Å². The first-order chi connectivity index (χ1) is 7.31. The Morgan fingerprint density at radius 1 is 1.13 bits per heavy atom. The van der Waals surface area contributed by atoms with Crippen molar-refractivity contribution >= 4 is 15.9 Å². The molecule has 0 heterocycles. The Hall–Kier alpha value is 0.440. The molecule has 2 atom stereocenters. The van der Waals surface area contributed by atoms with Crippen LogP contribution in [0, 0.1) is 11.3 Å². The smallest absolute Gasteiger partial charge is 0.0653 e. The molecule has 0 radical (unpaired) electrons. The summed E-state index contributed by atoms with van der Waals surface area (Å²) >= 11 is 3.86. The molecule has 0 bridgehead atoms. The van der Waals surface area contributed by atoms with Crippen LogP contribution in [0.2, 0.25) is 0 Å². The average molecular weight is 273 g/mol. The van der Waals surface area contributed by atoms with Gasteiger partial charge in [-0.3, -0.25) is 0 Å². The highest BCUT2D eigenvalue weighted by atomic mass is 79.9. The minimum Gasteiger partial charge on any atom is -0.377 e. The fourth-order valence-electron chi connectivity index (χ4n) is 3.31. The Morgan fingerprint density at radius 3 is 2.47 bits per heavy atom. The van der Waals surface area contributed by atoms with E-state index in [-0.39, 0.29) is 0 Å². The standard InChI is InChI=1S/C13H21BrO/c14-11-8-12(15-9-10-4-5-10)13(11)6-2-1-3-7-13/h10-12H,1-9H2. The zero-order valence-corrected chi connectivity index (χ0v) is 11.0. The third kappa shape index (κ3) is 1.88. The van der Waals surface area contributed by atoms with Gasteiger partial charge in [-0.25, -0.2) is 0 Å². The topological polar surface area (TPSA) is 9.23 Å². The lowest BCUT2D eigenvalue weighted by Gasteiger charge is -2.55. The molecule has 0 saturated heterocycles. The van der Waals surface area contributed by atoms with Crippen molar-refractivity contribution in [2.24, 2.45) is 11.3 Å². The van der Waals surface area contributed by atoms with E-state index in [1.165, 1.54) is 51.4 Å². The second-order valence-corrected chi connectivity index (χ2v) is 6.87. The van der Waals surface area contributed by atoms with Gasteiger partial charge in [-0.2, -0.15) is 0 Å². The van der Waals surface area contributed by atoms with Crippen molar-refractivity contribution in [3.8, 4) is 0 Å². The first kappa shape index (κ1) is 10.6. The zero-order chi connectivity index (χ0) is 10.3. The van der Waals surface area contributed by atoms with Gasteiger partial charge >= 0.3 is 0 Å². The van der Waals surface area contributed by atoms with Crippen molar-refractivity contribution in [3.63, 3.8) is 0 Å². The van der Waals surface area contributed by atoms with E-state index in [0.717, 1.165) is 17.4 Å². The van der Waals surface area contributed by atoms with E-state index in [4.69, 9.17) is 4.74 Å². The first-order valence-corrected chi connectivity index (χ1v) is 7.48. The highest BCUT2D eigenvalue weighted by molar-refractivity contribution is 9.09. The fourth-order valence-corrected chi connectivity index (χ4v) is 4.41. The lowest BCUT2D eigenvalue weighted by molar-refractivity contribution is -0.123. The summed E-state index contributed by atoms with van der Waals surface area (Å²) in [4.78, 5) is 0.745. The van der Waals surface area contributed by atoms with E-state index in [9.17, 15) is 0 Å². The molecular formula is C13H21BrO. The zero-order valence-electron chi connectivity index (χ0n) is 9.38. The predicted octanol–water partition coefficient (Wildman–Crippen LogP) is 3.90. The second-order valence-electron chi connectivity index (χ2n) is 5.76. The SMILES string of the molecule is BrC1CC(OCC2CC2)C12CCCCC2. The molecule has 86 valence electrons. The molecule has 0 N–H and O–H groups in total. The third-order valence-corrected chi connectivity index (χ3v) is 5.99. The molecule has 15 heavy (non-hydrogen) atoms. The molecule has 3 fully saturated rings. The van der Waals surface area contributed by atoms with E-state index in [0.29, 0.717) is 11.5 Å². The number of rotatable bonds is 3. The maximum atomic E-state index is 6.14. The minimum atomic E-state index is 0.535. The van der Waals surface area contributed by atoms with Crippen LogP contribution in [0.3, 0.4) is 0 Å². The van der Waals surface area contributed by atoms with E-state index in [1.54, 1.807) is 0 Å². The van der Waals surface area contributed by atoms with E-state index < -0.39 is 0 Å². The van der Waals surface area contributed by atoms with Crippen LogP contribution in [0.25, 0.3) is 0 Å². The molecule has 0 aromatic heterocycles. The van der Waals surface area contributed by atoms with Crippen LogP contribution in [-0.4, -0.2) is 17.5 Å². The van der Waals surface area contributed by atoms with Gasteiger partial charge in [0.05, 0.1) is 6.10 Å². The van der Waals surface area contributed by atoms with Crippen LogP contribution in [0.5, 0.6) is 0 Å². The second kappa shape index (κ2) is 4.03. The summed E-state index contributed by atoms with van der Waals surface area (Å²) in [5, 5.41) is 0. The molecule has 3 aliphatic carbocycles. The van der Waals surface area contributed by atoms with Crippen LogP contribution >= 0.6 is 15.9 Å². The largest absolute Gasteiger partial charge is 0.377 e. The Bertz CT molecular complexity index is 231. The van der Waals surface area contributed by atoms with Gasteiger partial charge in [-0.15, -0.1) is 0 Å². The van der Waals surface area contributed by atoms with Crippen LogP contribution in [0.15, 0.2) is 0 Å². The average Bonchev–Trinajstić information content (AvgIpc) is 3.09. The normalized spacial score (nSPS) is 39.0. The summed E-state index contributed by atoms with van der Waals surface area (Å²) in [6, 6.07) is 0. The summed E-state index contributed by atoms with van der Waals surface area (Å²) in [5.74, 6) is 0.917. The first-order valence-electron chi connectivity index (χ1n) is 6.57. The van der Waals surface area contributed by atoms with Gasteiger partial charge in [0.15, 0.2) is 0 Å². The lowest BCUT2D eigenvalue weighted by Crippen LogP contribution is -2.56. The Kier molecular flexibility index (Phi) is 2.84. The van der Waals surface area contributed by atoms with Gasteiger partial charge in [-0.1, -0.05) is 35.2 Å². The van der Waals surface area contributed by atoms with Crippen LogP contribution < -0.4 is 0 Å². The van der Waals surface area contributed by atoms with Crippen LogP contribution in [0.1, 0.15) is 51.4 Å². The Labute approximate surface area is 101 Å². The molecule has 2 unspecified atom stereocenters. The molecule has 2 heteroatoms. The van der Waals surface area contributed by atoms with Gasteiger partial charge in [0.1, 0.15) is 0 Å². The van der Waals surface area contributed by atoms with Gasteiger partial charge in [-0.05, 0) is 38.0 Å². The summed E-state index contributed by atoms with van der Waals surface area (Å²) in [5.41, 5.74) is 0.535. The molecule has 3 aliphatic rings. The van der Waals surface area contributed by atoms with Crippen LogP contribution in [0.4, 0.5) is 0 Å². The number of alkyl halides is 1. The van der Waals surface area contributed by atoms with E-state index in [2.05, 4.69) is 15.9 Å².